The van der Waals surface area contributed by atoms with Crippen molar-refractivity contribution >= 4 is 5.91 Å². The van der Waals surface area contributed by atoms with Crippen LogP contribution in [0.1, 0.15) is 213 Å². The highest BCUT2D eigenvalue weighted by Gasteiger charge is 2.51. The SMILES string of the molecule is CCCCCCCCC/C=C/[C@@H](O)[C@H](CO[C@@H]1O[C@H](CO)[C@@H](O[C@@H]2O[C@H](CO)[C@H](O)C(O)C2O)C(O)C1O)NC(=O)CCCCCCCCCCCCCCCCCCCCCCCC. The van der Waals surface area contributed by atoms with E-state index in [9.17, 15) is 45.6 Å². The van der Waals surface area contributed by atoms with Crippen LogP contribution in [0.2, 0.25) is 0 Å². The number of nitrogens with one attached hydrogen (secondary N) is 1. The molecule has 0 bridgehead atoms. The zero-order valence-electron chi connectivity index (χ0n) is 40.7. The van der Waals surface area contributed by atoms with Gasteiger partial charge in [-0.3, -0.25) is 4.79 Å². The molecule has 0 spiro atoms. The Kier molecular flexibility index (Phi) is 35.5. The van der Waals surface area contributed by atoms with Crippen LogP contribution in [0.25, 0.3) is 0 Å². The highest BCUT2D eigenvalue weighted by Crippen LogP contribution is 2.30. The van der Waals surface area contributed by atoms with Gasteiger partial charge in [0.15, 0.2) is 12.6 Å². The van der Waals surface area contributed by atoms with Crippen molar-refractivity contribution in [2.24, 2.45) is 0 Å². The number of hydrogen-bond acceptors (Lipinski definition) is 13. The first-order valence-corrected chi connectivity index (χ1v) is 26.4. The van der Waals surface area contributed by atoms with Crippen LogP contribution in [-0.4, -0.2) is 140 Å². The summed E-state index contributed by atoms with van der Waals surface area (Å²) in [5, 5.41) is 86.6. The van der Waals surface area contributed by atoms with E-state index in [1.54, 1.807) is 6.08 Å². The molecule has 2 saturated heterocycles. The lowest BCUT2D eigenvalue weighted by atomic mass is 9.97. The van der Waals surface area contributed by atoms with Gasteiger partial charge < -0.3 is 65.1 Å². The van der Waals surface area contributed by atoms with E-state index in [0.717, 1.165) is 38.5 Å². The molecule has 0 saturated carbocycles. The summed E-state index contributed by atoms with van der Waals surface area (Å²) in [6, 6.07) is -0.906. The predicted octanol–water partition coefficient (Wildman–Crippen LogP) is 7.16. The third kappa shape index (κ3) is 25.8. The van der Waals surface area contributed by atoms with E-state index < -0.39 is 86.8 Å². The number of rotatable bonds is 41. The van der Waals surface area contributed by atoms with E-state index >= 15 is 0 Å². The van der Waals surface area contributed by atoms with Gasteiger partial charge in [-0.2, -0.15) is 0 Å². The highest BCUT2D eigenvalue weighted by molar-refractivity contribution is 5.76. The Morgan fingerprint density at radius 1 is 0.538 bits per heavy atom. The first kappa shape index (κ1) is 59.9. The molecule has 0 aromatic rings. The van der Waals surface area contributed by atoms with Crippen LogP contribution >= 0.6 is 0 Å². The van der Waals surface area contributed by atoms with Crippen LogP contribution in [0.3, 0.4) is 0 Å². The molecule has 0 aromatic heterocycles. The fourth-order valence-corrected chi connectivity index (χ4v) is 8.88. The number of carbonyl (C=O) groups is 1. The summed E-state index contributed by atoms with van der Waals surface area (Å²) in [6.07, 6.45) is 24.2. The van der Waals surface area contributed by atoms with Gasteiger partial charge >= 0.3 is 0 Å². The largest absolute Gasteiger partial charge is 0.394 e. The van der Waals surface area contributed by atoms with Crippen LogP contribution in [0.4, 0.5) is 0 Å². The average molecular weight is 932 g/mol. The first-order chi connectivity index (χ1) is 31.6. The lowest BCUT2D eigenvalue weighted by molar-refractivity contribution is -0.359. The second-order valence-corrected chi connectivity index (χ2v) is 19.0. The Hall–Kier alpha value is -1.27. The van der Waals surface area contributed by atoms with Gasteiger partial charge in [0.1, 0.15) is 48.8 Å². The molecule has 14 nitrogen and oxygen atoms in total. The monoisotopic (exact) mass is 932 g/mol. The Bertz CT molecular complexity index is 1150. The van der Waals surface area contributed by atoms with E-state index in [4.69, 9.17) is 18.9 Å². The lowest BCUT2D eigenvalue weighted by Gasteiger charge is -2.46. The van der Waals surface area contributed by atoms with E-state index in [1.165, 1.54) is 148 Å². The minimum atomic E-state index is -1.78. The number of aliphatic hydroxyl groups is 8. The number of aliphatic hydroxyl groups excluding tert-OH is 8. The first-order valence-electron chi connectivity index (χ1n) is 26.4. The van der Waals surface area contributed by atoms with Gasteiger partial charge in [-0.1, -0.05) is 199 Å². The van der Waals surface area contributed by atoms with E-state index in [0.29, 0.717) is 6.42 Å². The fourth-order valence-electron chi connectivity index (χ4n) is 8.88. The van der Waals surface area contributed by atoms with Crippen molar-refractivity contribution in [1.82, 2.24) is 5.32 Å². The Morgan fingerprint density at radius 2 is 0.954 bits per heavy atom. The van der Waals surface area contributed by atoms with Crippen molar-refractivity contribution in [1.29, 1.82) is 0 Å². The lowest BCUT2D eigenvalue weighted by Crippen LogP contribution is -2.65. The summed E-state index contributed by atoms with van der Waals surface area (Å²) in [4.78, 5) is 13.1. The number of allylic oxidation sites excluding steroid dienone is 1. The van der Waals surface area contributed by atoms with Crippen LogP contribution in [0.5, 0.6) is 0 Å². The van der Waals surface area contributed by atoms with Gasteiger partial charge in [0.05, 0.1) is 32.0 Å². The topological polar surface area (TPSA) is 228 Å². The third-order valence-electron chi connectivity index (χ3n) is 13.2. The molecule has 9 N–H and O–H groups in total. The summed E-state index contributed by atoms with van der Waals surface area (Å²) in [5.74, 6) is -0.238. The molecule has 0 aromatic carbocycles. The standard InChI is InChI=1S/C51H97NO13/c1-3-5-7-9-11-13-14-15-16-17-18-19-20-21-22-23-24-25-27-29-31-33-35-43(56)52-39(40(55)34-32-30-28-26-12-10-8-6-4-2)38-62-50-48(61)46(59)49(42(37-54)64-50)65-51-47(60)45(58)44(57)41(36-53)63-51/h32,34,39-42,44-51,53-55,57-61H,3-31,33,35-38H2,1-2H3,(H,52,56)/b34-32+/t39-,40+,41+,42+,44-,45?,46?,47?,48?,49+,50+,51-/m0/s1. The molecule has 0 radical (unpaired) electrons. The Labute approximate surface area is 393 Å². The second kappa shape index (κ2) is 38.6. The molecule has 12 atom stereocenters. The van der Waals surface area contributed by atoms with Gasteiger partial charge in [0.2, 0.25) is 5.91 Å². The predicted molar refractivity (Wildman–Crippen MR) is 254 cm³/mol. The molecule has 1 amide bonds. The molecule has 2 aliphatic heterocycles. The minimum Gasteiger partial charge on any atom is -0.394 e. The fraction of sp³-hybridized carbons (Fsp3) is 0.941. The zero-order chi connectivity index (χ0) is 47.5. The normalized spacial score (nSPS) is 27.0. The van der Waals surface area contributed by atoms with E-state index in [2.05, 4.69) is 19.2 Å². The second-order valence-electron chi connectivity index (χ2n) is 19.0. The van der Waals surface area contributed by atoms with Crippen LogP contribution < -0.4 is 5.32 Å². The van der Waals surface area contributed by atoms with Gasteiger partial charge in [-0.25, -0.2) is 0 Å². The summed E-state index contributed by atoms with van der Waals surface area (Å²) in [7, 11) is 0. The van der Waals surface area contributed by atoms with E-state index in [-0.39, 0.29) is 18.9 Å². The smallest absolute Gasteiger partial charge is 0.220 e. The molecule has 0 aliphatic carbocycles. The molecule has 14 heteroatoms. The third-order valence-corrected chi connectivity index (χ3v) is 13.2. The summed E-state index contributed by atoms with van der Waals surface area (Å²) in [6.45, 7) is 2.76. The average Bonchev–Trinajstić information content (AvgIpc) is 3.30. The molecular weight excluding hydrogens is 835 g/mol. The van der Waals surface area contributed by atoms with Crippen molar-refractivity contribution in [3.63, 3.8) is 0 Å². The number of ether oxygens (including phenoxy) is 4. The van der Waals surface area contributed by atoms with Crippen LogP contribution in [-0.2, 0) is 23.7 Å². The number of carbonyl (C=O) groups excluding carboxylic acids is 1. The van der Waals surface area contributed by atoms with Gasteiger partial charge in [-0.15, -0.1) is 0 Å². The summed E-state index contributed by atoms with van der Waals surface area (Å²) < 4.78 is 22.7. The van der Waals surface area contributed by atoms with E-state index in [1.807, 2.05) is 6.08 Å². The number of unbranched alkanes of at least 4 members (excludes halogenated alkanes) is 28. The van der Waals surface area contributed by atoms with Crippen molar-refractivity contribution in [3.8, 4) is 0 Å². The Morgan fingerprint density at radius 3 is 1.42 bits per heavy atom. The maximum Gasteiger partial charge on any atom is 0.220 e. The van der Waals surface area contributed by atoms with Crippen molar-refractivity contribution < 1.29 is 64.6 Å². The number of hydrogen-bond donors (Lipinski definition) is 9. The van der Waals surface area contributed by atoms with Gasteiger partial charge in [0.25, 0.3) is 0 Å². The van der Waals surface area contributed by atoms with Gasteiger partial charge in [-0.05, 0) is 19.3 Å². The molecule has 2 heterocycles. The van der Waals surface area contributed by atoms with Crippen LogP contribution in [0, 0.1) is 0 Å². The Balaban J connectivity index is 1.74. The quantitative estimate of drug-likeness (QED) is 0.0219. The maximum atomic E-state index is 13.1. The molecule has 384 valence electrons. The van der Waals surface area contributed by atoms with Crippen molar-refractivity contribution in [2.75, 3.05) is 19.8 Å². The zero-order valence-corrected chi connectivity index (χ0v) is 40.7. The minimum absolute atomic E-state index is 0.238. The summed E-state index contributed by atoms with van der Waals surface area (Å²) in [5.41, 5.74) is 0. The number of amides is 1. The molecule has 4 unspecified atom stereocenters. The molecule has 2 rings (SSSR count). The van der Waals surface area contributed by atoms with Crippen molar-refractivity contribution in [2.45, 2.75) is 286 Å². The molecule has 2 fully saturated rings. The highest BCUT2D eigenvalue weighted by atomic mass is 16.7. The van der Waals surface area contributed by atoms with Gasteiger partial charge in [0, 0.05) is 6.42 Å². The maximum absolute atomic E-state index is 13.1. The molecule has 2 aliphatic rings. The summed E-state index contributed by atoms with van der Waals surface area (Å²) >= 11 is 0. The van der Waals surface area contributed by atoms with Crippen molar-refractivity contribution in [3.05, 3.63) is 12.2 Å². The van der Waals surface area contributed by atoms with Crippen LogP contribution in [0.15, 0.2) is 12.2 Å². The molecular formula is C51H97NO13. The molecule has 65 heavy (non-hydrogen) atoms.